The summed E-state index contributed by atoms with van der Waals surface area (Å²) in [5.74, 6) is 1.67. The normalized spacial score (nSPS) is 23.8. The number of nitrogens with one attached hydrogen (secondary N) is 1. The van der Waals surface area contributed by atoms with Crippen molar-refractivity contribution in [1.82, 2.24) is 25.0 Å². The van der Waals surface area contributed by atoms with Gasteiger partial charge in [-0.3, -0.25) is 4.79 Å². The lowest BCUT2D eigenvalue weighted by Crippen LogP contribution is -2.39. The molecule has 2 aliphatic rings. The van der Waals surface area contributed by atoms with Crippen LogP contribution in [0.25, 0.3) is 0 Å². The second kappa shape index (κ2) is 4.44. The first-order valence-electron chi connectivity index (χ1n) is 6.18. The van der Waals surface area contributed by atoms with E-state index in [0.717, 1.165) is 38.4 Å². The Bertz CT molecular complexity index is 410. The summed E-state index contributed by atoms with van der Waals surface area (Å²) < 4.78 is 2.01. The van der Waals surface area contributed by atoms with Crippen LogP contribution in [-0.2, 0) is 17.9 Å². The maximum absolute atomic E-state index is 12.1. The van der Waals surface area contributed by atoms with Gasteiger partial charge in [-0.1, -0.05) is 0 Å². The van der Waals surface area contributed by atoms with Gasteiger partial charge in [0.25, 0.3) is 0 Å². The quantitative estimate of drug-likeness (QED) is 0.759. The van der Waals surface area contributed by atoms with Gasteiger partial charge >= 0.3 is 0 Å². The fraction of sp³-hybridized carbons (Fsp3) is 0.727. The van der Waals surface area contributed by atoms with Crippen molar-refractivity contribution in [2.45, 2.75) is 25.9 Å². The smallest absolute Gasteiger partial charge is 0.223 e. The van der Waals surface area contributed by atoms with E-state index in [1.165, 1.54) is 0 Å². The zero-order chi connectivity index (χ0) is 11.7. The molecule has 17 heavy (non-hydrogen) atoms. The van der Waals surface area contributed by atoms with E-state index in [1.807, 2.05) is 9.47 Å². The molecule has 1 saturated heterocycles. The number of carbonyl (C=O) groups is 1. The number of nitrogens with zero attached hydrogens (tertiary/aromatic N) is 4. The molecular formula is C11H17N5O. The van der Waals surface area contributed by atoms with Gasteiger partial charge in [-0.05, 0) is 25.4 Å². The van der Waals surface area contributed by atoms with Crippen molar-refractivity contribution in [3.05, 3.63) is 12.2 Å². The van der Waals surface area contributed by atoms with Gasteiger partial charge in [0.1, 0.15) is 6.33 Å². The first-order valence-corrected chi connectivity index (χ1v) is 6.18. The molecule has 3 rings (SSSR count). The van der Waals surface area contributed by atoms with Gasteiger partial charge in [0, 0.05) is 19.5 Å². The number of amides is 1. The molecule has 1 unspecified atom stereocenters. The average Bonchev–Trinajstić information content (AvgIpc) is 2.97. The average molecular weight is 235 g/mol. The highest BCUT2D eigenvalue weighted by Gasteiger charge is 2.25. The summed E-state index contributed by atoms with van der Waals surface area (Å²) in [6, 6.07) is 0. The van der Waals surface area contributed by atoms with Crippen LogP contribution in [-0.4, -0.2) is 45.2 Å². The molecule has 1 N–H and O–H groups in total. The van der Waals surface area contributed by atoms with Crippen LogP contribution < -0.4 is 5.32 Å². The third-order valence-corrected chi connectivity index (χ3v) is 3.62. The minimum absolute atomic E-state index is 0.257. The Hall–Kier alpha value is -1.43. The molecule has 1 atom stereocenters. The summed E-state index contributed by atoms with van der Waals surface area (Å²) in [4.78, 5) is 14.0. The Morgan fingerprint density at radius 1 is 1.53 bits per heavy atom. The van der Waals surface area contributed by atoms with Gasteiger partial charge in [-0.2, -0.15) is 0 Å². The lowest BCUT2D eigenvalue weighted by molar-refractivity contribution is -0.133. The summed E-state index contributed by atoms with van der Waals surface area (Å²) in [5, 5.41) is 11.2. The third kappa shape index (κ3) is 2.17. The van der Waals surface area contributed by atoms with Gasteiger partial charge in [0.05, 0.1) is 6.54 Å². The van der Waals surface area contributed by atoms with Crippen LogP contribution in [0.2, 0.25) is 0 Å². The molecule has 0 aromatic carbocycles. The Balaban J connectivity index is 1.60. The number of aromatic nitrogens is 3. The first kappa shape index (κ1) is 10.7. The van der Waals surface area contributed by atoms with E-state index in [9.17, 15) is 4.79 Å². The van der Waals surface area contributed by atoms with Crippen molar-refractivity contribution in [1.29, 1.82) is 0 Å². The summed E-state index contributed by atoms with van der Waals surface area (Å²) in [6.45, 7) is 4.24. The lowest BCUT2D eigenvalue weighted by Gasteiger charge is -2.27. The summed E-state index contributed by atoms with van der Waals surface area (Å²) >= 11 is 0. The molecule has 1 aromatic heterocycles. The molecule has 0 aliphatic carbocycles. The Labute approximate surface area is 100 Å². The van der Waals surface area contributed by atoms with Crippen molar-refractivity contribution in [2.75, 3.05) is 19.6 Å². The third-order valence-electron chi connectivity index (χ3n) is 3.62. The second-order valence-electron chi connectivity index (χ2n) is 4.82. The minimum Gasteiger partial charge on any atom is -0.333 e. The maximum atomic E-state index is 12.1. The molecule has 2 aliphatic heterocycles. The fourth-order valence-electron chi connectivity index (χ4n) is 2.54. The summed E-state index contributed by atoms with van der Waals surface area (Å²) in [6.07, 6.45) is 3.52. The van der Waals surface area contributed by atoms with Crippen molar-refractivity contribution >= 4 is 5.91 Å². The standard InChI is InChI=1S/C11H17N5O/c17-11(5-9-1-2-12-6-9)15-3-4-16-8-13-14-10(16)7-15/h8-9,12H,1-7H2. The van der Waals surface area contributed by atoms with Crippen molar-refractivity contribution in [3.63, 3.8) is 0 Å². The monoisotopic (exact) mass is 235 g/mol. The van der Waals surface area contributed by atoms with Gasteiger partial charge in [-0.25, -0.2) is 0 Å². The summed E-state index contributed by atoms with van der Waals surface area (Å²) in [7, 11) is 0. The van der Waals surface area contributed by atoms with E-state index >= 15 is 0 Å². The number of rotatable bonds is 2. The second-order valence-corrected chi connectivity index (χ2v) is 4.82. The highest BCUT2D eigenvalue weighted by atomic mass is 16.2. The summed E-state index contributed by atoms with van der Waals surface area (Å²) in [5.41, 5.74) is 0. The molecular weight excluding hydrogens is 218 g/mol. The van der Waals surface area contributed by atoms with Crippen molar-refractivity contribution < 1.29 is 4.79 Å². The Morgan fingerprint density at radius 2 is 2.47 bits per heavy atom. The predicted octanol–water partition coefficient (Wildman–Crippen LogP) is -0.380. The van der Waals surface area contributed by atoms with Crippen LogP contribution in [0, 0.1) is 5.92 Å². The van der Waals surface area contributed by atoms with Crippen LogP contribution in [0.15, 0.2) is 6.33 Å². The van der Waals surface area contributed by atoms with E-state index in [4.69, 9.17) is 0 Å². The maximum Gasteiger partial charge on any atom is 0.223 e. The topological polar surface area (TPSA) is 63.1 Å². The largest absolute Gasteiger partial charge is 0.333 e. The van der Waals surface area contributed by atoms with Crippen molar-refractivity contribution in [3.8, 4) is 0 Å². The molecule has 1 aromatic rings. The lowest BCUT2D eigenvalue weighted by atomic mass is 10.0. The fourth-order valence-corrected chi connectivity index (χ4v) is 2.54. The molecule has 0 bridgehead atoms. The molecule has 6 nitrogen and oxygen atoms in total. The van der Waals surface area contributed by atoms with Crippen LogP contribution >= 0.6 is 0 Å². The Kier molecular flexibility index (Phi) is 2.80. The number of hydrogen-bond acceptors (Lipinski definition) is 4. The number of carbonyl (C=O) groups excluding carboxylic acids is 1. The van der Waals surface area contributed by atoms with Crippen LogP contribution in [0.4, 0.5) is 0 Å². The Morgan fingerprint density at radius 3 is 3.29 bits per heavy atom. The van der Waals surface area contributed by atoms with Crippen molar-refractivity contribution in [2.24, 2.45) is 5.92 Å². The molecule has 0 saturated carbocycles. The molecule has 92 valence electrons. The predicted molar refractivity (Wildman–Crippen MR) is 61.0 cm³/mol. The van der Waals surface area contributed by atoms with Gasteiger partial charge in [0.15, 0.2) is 5.82 Å². The SMILES string of the molecule is O=C(CC1CCNC1)N1CCn2cnnc2C1. The molecule has 6 heteroatoms. The van der Waals surface area contributed by atoms with Gasteiger partial charge < -0.3 is 14.8 Å². The van der Waals surface area contributed by atoms with E-state index in [2.05, 4.69) is 15.5 Å². The van der Waals surface area contributed by atoms with E-state index in [0.29, 0.717) is 18.9 Å². The highest BCUT2D eigenvalue weighted by molar-refractivity contribution is 5.76. The molecule has 0 radical (unpaired) electrons. The number of fused-ring (bicyclic) bond motifs is 1. The van der Waals surface area contributed by atoms with Crippen LogP contribution in [0.3, 0.4) is 0 Å². The zero-order valence-electron chi connectivity index (χ0n) is 9.80. The molecule has 0 spiro atoms. The van der Waals surface area contributed by atoms with Gasteiger partial charge in [0.2, 0.25) is 5.91 Å². The van der Waals surface area contributed by atoms with E-state index in [-0.39, 0.29) is 5.91 Å². The van der Waals surface area contributed by atoms with Crippen LogP contribution in [0.1, 0.15) is 18.7 Å². The molecule has 1 amide bonds. The first-order chi connectivity index (χ1) is 8.33. The minimum atomic E-state index is 0.257. The number of hydrogen-bond donors (Lipinski definition) is 1. The molecule has 1 fully saturated rings. The van der Waals surface area contributed by atoms with Crippen LogP contribution in [0.5, 0.6) is 0 Å². The van der Waals surface area contributed by atoms with E-state index in [1.54, 1.807) is 6.33 Å². The molecule has 3 heterocycles. The van der Waals surface area contributed by atoms with Gasteiger partial charge in [-0.15, -0.1) is 10.2 Å². The zero-order valence-corrected chi connectivity index (χ0v) is 9.80. The highest BCUT2D eigenvalue weighted by Crippen LogP contribution is 2.16. The van der Waals surface area contributed by atoms with E-state index < -0.39 is 0 Å².